The van der Waals surface area contributed by atoms with Crippen molar-refractivity contribution in [1.82, 2.24) is 19.9 Å². The van der Waals surface area contributed by atoms with Gasteiger partial charge in [-0.2, -0.15) is 5.26 Å². The molecular weight excluding hydrogens is 741 g/mol. The summed E-state index contributed by atoms with van der Waals surface area (Å²) in [6, 6.07) is 14.1. The van der Waals surface area contributed by atoms with E-state index in [4.69, 9.17) is 19.4 Å². The fourth-order valence-corrected chi connectivity index (χ4v) is 10.7. The topological polar surface area (TPSA) is 154 Å². The number of rotatable bonds is 9. The van der Waals surface area contributed by atoms with E-state index in [-0.39, 0.29) is 31.2 Å². The summed E-state index contributed by atoms with van der Waals surface area (Å²) in [5.74, 6) is -0.699. The van der Waals surface area contributed by atoms with Crippen LogP contribution in [0.15, 0.2) is 42.0 Å². The minimum atomic E-state index is -1.05. The van der Waals surface area contributed by atoms with Gasteiger partial charge in [0.05, 0.1) is 65.5 Å². The van der Waals surface area contributed by atoms with Gasteiger partial charge in [0.1, 0.15) is 6.29 Å². The van der Waals surface area contributed by atoms with E-state index in [0.717, 1.165) is 103 Å². The number of aromatic nitrogens is 4. The highest BCUT2D eigenvalue weighted by atomic mass is 16.5. The lowest BCUT2D eigenvalue weighted by Crippen LogP contribution is -2.63. The first-order valence-corrected chi connectivity index (χ1v) is 20.4. The number of aryl methyl sites for hydroxylation is 4. The van der Waals surface area contributed by atoms with Crippen LogP contribution in [0.5, 0.6) is 0 Å². The molecule has 59 heavy (non-hydrogen) atoms. The number of carbonyl (C=O) groups is 3. The molecule has 8 bridgehead atoms. The number of hydrogen-bond acceptors (Lipinski definition) is 9. The number of nitrogens with zero attached hydrogens (tertiary/aromatic N) is 4. The molecule has 0 amide bonds. The molecule has 3 aromatic heterocycles. The molecule has 8 rings (SSSR count). The van der Waals surface area contributed by atoms with E-state index in [1.54, 1.807) is 6.07 Å². The molecule has 11 heteroatoms. The van der Waals surface area contributed by atoms with Gasteiger partial charge < -0.3 is 24.3 Å². The lowest BCUT2D eigenvalue weighted by molar-refractivity contribution is -0.141. The Balaban J connectivity index is 1.64. The normalized spacial score (nSPS) is 20.2. The highest BCUT2D eigenvalue weighted by Gasteiger charge is 2.67. The van der Waals surface area contributed by atoms with E-state index < -0.39 is 16.9 Å². The maximum atomic E-state index is 13.3. The number of anilines is 1. The lowest BCUT2D eigenvalue weighted by atomic mass is 9.49. The number of aromatic amines is 2. The zero-order valence-corrected chi connectivity index (χ0v) is 35.3. The van der Waals surface area contributed by atoms with Gasteiger partial charge in [0.15, 0.2) is 0 Å². The molecule has 1 aromatic carbocycles. The smallest absolute Gasteiger partial charge is 0.305 e. The third-order valence-corrected chi connectivity index (χ3v) is 13.8. The fraction of sp³-hybridized carbons (Fsp3) is 0.375. The monoisotopic (exact) mass is 790 g/mol. The molecule has 6 heterocycles. The van der Waals surface area contributed by atoms with E-state index in [1.165, 1.54) is 19.8 Å². The molecule has 4 aliphatic rings. The van der Waals surface area contributed by atoms with Crippen LogP contribution >= 0.6 is 0 Å². The van der Waals surface area contributed by atoms with Crippen molar-refractivity contribution in [2.45, 2.75) is 96.9 Å². The van der Waals surface area contributed by atoms with Gasteiger partial charge in [-0.1, -0.05) is 20.8 Å². The molecule has 0 spiro atoms. The number of methoxy groups -OCH3 is 2. The first-order valence-electron chi connectivity index (χ1n) is 20.4. The van der Waals surface area contributed by atoms with E-state index in [0.29, 0.717) is 23.3 Å². The van der Waals surface area contributed by atoms with E-state index in [2.05, 4.69) is 80.7 Å². The minimum absolute atomic E-state index is 0.0488. The summed E-state index contributed by atoms with van der Waals surface area (Å²) in [4.78, 5) is 59.2. The molecule has 302 valence electrons. The first-order chi connectivity index (χ1) is 28.3. The first kappa shape index (κ1) is 39.5. The van der Waals surface area contributed by atoms with E-state index >= 15 is 0 Å². The Bertz CT molecular complexity index is 2780. The maximum absolute atomic E-state index is 13.3. The van der Waals surface area contributed by atoms with Crippen LogP contribution in [0.4, 0.5) is 5.69 Å². The van der Waals surface area contributed by atoms with Gasteiger partial charge in [0.25, 0.3) is 0 Å². The van der Waals surface area contributed by atoms with Gasteiger partial charge in [-0.3, -0.25) is 19.4 Å². The summed E-state index contributed by atoms with van der Waals surface area (Å²) in [5.41, 5.74) is 14.5. The number of likely N-dealkylation sites (N-methyl/N-ethyl adjacent to an activating group) is 1. The van der Waals surface area contributed by atoms with Crippen molar-refractivity contribution in [3.05, 3.63) is 104 Å². The number of allylic oxidation sites excluding steroid dienone is 2. The number of H-pyrrole nitrogens is 2. The van der Waals surface area contributed by atoms with Crippen LogP contribution in [0.3, 0.4) is 0 Å². The van der Waals surface area contributed by atoms with Crippen molar-refractivity contribution in [3.8, 4) is 6.07 Å². The molecule has 0 saturated heterocycles. The summed E-state index contributed by atoms with van der Waals surface area (Å²) >= 11 is 0. The summed E-state index contributed by atoms with van der Waals surface area (Å²) < 4.78 is 10.4. The zero-order chi connectivity index (χ0) is 42.1. The van der Waals surface area contributed by atoms with Crippen LogP contribution in [-0.4, -0.2) is 65.5 Å². The van der Waals surface area contributed by atoms with Crippen LogP contribution in [0.1, 0.15) is 120 Å². The third-order valence-electron chi connectivity index (χ3n) is 13.8. The summed E-state index contributed by atoms with van der Waals surface area (Å²) in [6.45, 7) is 12.7. The number of benzene rings is 1. The van der Waals surface area contributed by atoms with E-state index in [9.17, 15) is 19.6 Å². The lowest BCUT2D eigenvalue weighted by Gasteiger charge is -2.58. The molecular formula is C48H50N6O5. The molecule has 3 atom stereocenters. The quantitative estimate of drug-likeness (QED) is 0.125. The predicted molar refractivity (Wildman–Crippen MR) is 230 cm³/mol. The van der Waals surface area contributed by atoms with Crippen molar-refractivity contribution in [1.29, 1.82) is 5.26 Å². The second kappa shape index (κ2) is 14.5. The Kier molecular flexibility index (Phi) is 9.73. The fourth-order valence-electron chi connectivity index (χ4n) is 10.7. The number of nitrogens with one attached hydrogen (secondary N) is 2. The average molecular weight is 791 g/mol. The summed E-state index contributed by atoms with van der Waals surface area (Å²) in [6.07, 6.45) is 5.25. The van der Waals surface area contributed by atoms with Crippen LogP contribution in [0.2, 0.25) is 0 Å². The number of aldehydes is 1. The number of carbonyl (C=O) groups excluding carboxylic acids is 3. The zero-order valence-electron chi connectivity index (χ0n) is 35.3. The Morgan fingerprint density at radius 1 is 0.915 bits per heavy atom. The van der Waals surface area contributed by atoms with Crippen LogP contribution in [-0.2, 0) is 42.7 Å². The predicted octanol–water partition coefficient (Wildman–Crippen LogP) is 8.69. The van der Waals surface area contributed by atoms with Gasteiger partial charge in [0, 0.05) is 58.8 Å². The molecule has 2 N–H and O–H groups in total. The van der Waals surface area contributed by atoms with E-state index in [1.807, 2.05) is 25.3 Å². The van der Waals surface area contributed by atoms with Crippen molar-refractivity contribution in [2.75, 3.05) is 26.2 Å². The van der Waals surface area contributed by atoms with Gasteiger partial charge in [-0.15, -0.1) is 0 Å². The average Bonchev–Trinajstić information content (AvgIpc) is 3.90. The Labute approximate surface area is 344 Å². The number of esters is 2. The van der Waals surface area contributed by atoms with Crippen molar-refractivity contribution < 1.29 is 23.9 Å². The van der Waals surface area contributed by atoms with Gasteiger partial charge in [0.2, 0.25) is 0 Å². The molecule has 3 unspecified atom stereocenters. The third kappa shape index (κ3) is 5.63. The van der Waals surface area contributed by atoms with Crippen molar-refractivity contribution >= 4 is 63.2 Å². The molecule has 1 aliphatic carbocycles. The van der Waals surface area contributed by atoms with Crippen LogP contribution < -0.4 is 4.90 Å². The molecule has 0 saturated carbocycles. The highest BCUT2D eigenvalue weighted by Crippen LogP contribution is 2.65. The largest absolute Gasteiger partial charge is 0.469 e. The Morgan fingerprint density at radius 2 is 1.59 bits per heavy atom. The number of ether oxygens (including phenoxy) is 2. The SMILES string of the molecule is CCC1=C(C)c2nc1cc1[nH]c(cc3[nH]c(cc4nc5c2C=C(C#N)C2N(C)c6ccc(C=O)cc6C4(CCC(=O)OC)C52C)c(CCC(=O)OC)c3C)c(CC)c1C. The molecule has 4 aromatic rings. The van der Waals surface area contributed by atoms with Crippen LogP contribution in [0.25, 0.3) is 39.3 Å². The molecule has 3 aliphatic heterocycles. The van der Waals surface area contributed by atoms with Gasteiger partial charge >= 0.3 is 11.9 Å². The minimum Gasteiger partial charge on any atom is -0.469 e. The van der Waals surface area contributed by atoms with Gasteiger partial charge in [-0.05, 0) is 128 Å². The number of nitriles is 1. The highest BCUT2D eigenvalue weighted by molar-refractivity contribution is 5.96. The number of fused-ring (bicyclic) bond motifs is 11. The standard InChI is InChI=1S/C48H50N6O5/c1-10-30-25(3)35-21-38-31(11-2)27(5)44(52-38)33-19-29(23-49)46-47(6)45(33)53-41(22-39-32(13-15-42(56)58-8)26(4)36(51-39)20-37(30)50-35)48(47,17-16-43(57)59-9)34-18-28(24-55)12-14-40(34)54(46)7/h12,14,18-22,24,46,50-51H,10-11,13,15-17H2,1-9H3. The van der Waals surface area contributed by atoms with Crippen molar-refractivity contribution in [3.63, 3.8) is 0 Å². The maximum Gasteiger partial charge on any atom is 0.305 e. The molecule has 11 nitrogen and oxygen atoms in total. The Hall–Kier alpha value is -6.28. The summed E-state index contributed by atoms with van der Waals surface area (Å²) in [7, 11) is 4.76. The van der Waals surface area contributed by atoms with Crippen molar-refractivity contribution in [2.24, 2.45) is 0 Å². The Morgan fingerprint density at radius 3 is 2.25 bits per heavy atom. The molecule has 0 fully saturated rings. The second-order valence-corrected chi connectivity index (χ2v) is 16.3. The van der Waals surface area contributed by atoms with Crippen LogP contribution in [0, 0.1) is 25.2 Å². The van der Waals surface area contributed by atoms with Gasteiger partial charge in [-0.25, -0.2) is 4.98 Å². The number of hydrogen-bond donors (Lipinski definition) is 2. The molecule has 0 radical (unpaired) electrons. The second-order valence-electron chi connectivity index (χ2n) is 16.3. The summed E-state index contributed by atoms with van der Waals surface area (Å²) in [5, 5.41) is 11.1.